The van der Waals surface area contributed by atoms with Gasteiger partial charge >= 0.3 is 0 Å². The fourth-order valence-corrected chi connectivity index (χ4v) is 3.69. The first kappa shape index (κ1) is 19.7. The molecule has 0 aliphatic rings. The van der Waals surface area contributed by atoms with E-state index in [-0.39, 0.29) is 22.9 Å². The molecule has 0 bridgehead atoms. The van der Waals surface area contributed by atoms with Gasteiger partial charge in [-0.05, 0) is 48.4 Å². The third-order valence-corrected chi connectivity index (χ3v) is 5.68. The van der Waals surface area contributed by atoms with Gasteiger partial charge in [-0.3, -0.25) is 9.78 Å². The highest BCUT2D eigenvalue weighted by molar-refractivity contribution is 7.89. The summed E-state index contributed by atoms with van der Waals surface area (Å²) in [5.41, 5.74) is 2.99. The number of aryl methyl sites for hydroxylation is 1. The van der Waals surface area contributed by atoms with E-state index in [9.17, 15) is 13.2 Å². The lowest BCUT2D eigenvalue weighted by molar-refractivity contribution is 0.0950. The summed E-state index contributed by atoms with van der Waals surface area (Å²) in [7, 11) is -3.76. The summed E-state index contributed by atoms with van der Waals surface area (Å²) in [6, 6.07) is 19.0. The number of aromatic nitrogens is 1. The molecule has 0 fully saturated rings. The molecule has 2 aromatic carbocycles. The molecule has 0 saturated heterocycles. The number of carbonyl (C=O) groups excluding carboxylic acids is 1. The Morgan fingerprint density at radius 3 is 2.50 bits per heavy atom. The molecule has 0 aliphatic heterocycles. The van der Waals surface area contributed by atoms with E-state index < -0.39 is 10.0 Å². The third-order valence-electron chi connectivity index (χ3n) is 4.28. The molecule has 7 heteroatoms. The topological polar surface area (TPSA) is 88.2 Å². The molecule has 1 aromatic heterocycles. The average Bonchev–Trinajstić information content (AvgIpc) is 2.72. The zero-order valence-corrected chi connectivity index (χ0v) is 16.2. The number of rotatable bonds is 7. The summed E-state index contributed by atoms with van der Waals surface area (Å²) in [6.45, 7) is 2.43. The van der Waals surface area contributed by atoms with Crippen LogP contribution < -0.4 is 10.0 Å². The van der Waals surface area contributed by atoms with Gasteiger partial charge in [0.05, 0.1) is 17.1 Å². The van der Waals surface area contributed by atoms with Crippen LogP contribution in [0.15, 0.2) is 77.8 Å². The van der Waals surface area contributed by atoms with Crippen LogP contribution in [0.2, 0.25) is 0 Å². The highest BCUT2D eigenvalue weighted by Crippen LogP contribution is 2.13. The molecule has 28 heavy (non-hydrogen) atoms. The number of pyridine rings is 1. The second-order valence-electron chi connectivity index (χ2n) is 6.28. The van der Waals surface area contributed by atoms with E-state index in [2.05, 4.69) is 15.0 Å². The van der Waals surface area contributed by atoms with E-state index in [1.807, 2.05) is 31.2 Å². The number of amides is 1. The summed E-state index contributed by atoms with van der Waals surface area (Å²) >= 11 is 0. The van der Waals surface area contributed by atoms with Crippen molar-refractivity contribution >= 4 is 15.9 Å². The van der Waals surface area contributed by atoms with Crippen molar-refractivity contribution in [1.82, 2.24) is 15.0 Å². The van der Waals surface area contributed by atoms with Crippen molar-refractivity contribution < 1.29 is 13.2 Å². The standard InChI is InChI=1S/C21H21N3O3S/c1-16-7-2-3-8-18(16)14-23-21(25)17-9-6-11-20(13-17)28(26,27)24-15-19-10-4-5-12-22-19/h2-13,24H,14-15H2,1H3,(H,23,25). The highest BCUT2D eigenvalue weighted by Gasteiger charge is 2.16. The monoisotopic (exact) mass is 395 g/mol. The Labute approximate surface area is 164 Å². The van der Waals surface area contributed by atoms with Crippen molar-refractivity contribution in [2.24, 2.45) is 0 Å². The van der Waals surface area contributed by atoms with E-state index in [1.54, 1.807) is 36.5 Å². The van der Waals surface area contributed by atoms with E-state index in [4.69, 9.17) is 0 Å². The molecule has 3 rings (SSSR count). The van der Waals surface area contributed by atoms with Crippen LogP contribution in [0.1, 0.15) is 27.2 Å². The molecule has 0 spiro atoms. The maximum absolute atomic E-state index is 12.5. The molecule has 0 unspecified atom stereocenters. The van der Waals surface area contributed by atoms with Crippen molar-refractivity contribution in [1.29, 1.82) is 0 Å². The maximum atomic E-state index is 12.5. The normalized spacial score (nSPS) is 11.2. The lowest BCUT2D eigenvalue weighted by atomic mass is 10.1. The van der Waals surface area contributed by atoms with Crippen LogP contribution in [0.4, 0.5) is 0 Å². The van der Waals surface area contributed by atoms with Crippen molar-refractivity contribution in [2.45, 2.75) is 24.9 Å². The van der Waals surface area contributed by atoms with E-state index >= 15 is 0 Å². The maximum Gasteiger partial charge on any atom is 0.251 e. The molecule has 0 saturated carbocycles. The fourth-order valence-electron chi connectivity index (χ4n) is 2.65. The first-order valence-electron chi connectivity index (χ1n) is 8.78. The number of carbonyl (C=O) groups is 1. The van der Waals surface area contributed by atoms with Crippen molar-refractivity contribution in [2.75, 3.05) is 0 Å². The number of benzene rings is 2. The van der Waals surface area contributed by atoms with Gasteiger partial charge < -0.3 is 5.32 Å². The van der Waals surface area contributed by atoms with Crippen LogP contribution in [0.5, 0.6) is 0 Å². The smallest absolute Gasteiger partial charge is 0.251 e. The molecule has 2 N–H and O–H groups in total. The minimum absolute atomic E-state index is 0.0342. The number of hydrogen-bond donors (Lipinski definition) is 2. The Kier molecular flexibility index (Phi) is 6.18. The first-order chi connectivity index (χ1) is 13.5. The van der Waals surface area contributed by atoms with Crippen LogP contribution in [0.25, 0.3) is 0 Å². The van der Waals surface area contributed by atoms with Gasteiger partial charge in [0.2, 0.25) is 10.0 Å². The molecular formula is C21H21N3O3S. The Bertz CT molecular complexity index is 1070. The van der Waals surface area contributed by atoms with Gasteiger partial charge in [0.1, 0.15) is 0 Å². The van der Waals surface area contributed by atoms with Crippen molar-refractivity contribution in [3.05, 3.63) is 95.3 Å². The van der Waals surface area contributed by atoms with Gasteiger partial charge in [-0.15, -0.1) is 0 Å². The summed E-state index contributed by atoms with van der Waals surface area (Å²) in [5.74, 6) is -0.329. The van der Waals surface area contributed by atoms with Crippen LogP contribution in [0.3, 0.4) is 0 Å². The SMILES string of the molecule is Cc1ccccc1CNC(=O)c1cccc(S(=O)(=O)NCc2ccccn2)c1. The molecule has 3 aromatic rings. The van der Waals surface area contributed by atoms with E-state index in [1.165, 1.54) is 12.1 Å². The second-order valence-corrected chi connectivity index (χ2v) is 8.05. The molecule has 1 heterocycles. The second kappa shape index (κ2) is 8.77. The molecule has 144 valence electrons. The van der Waals surface area contributed by atoms with Gasteiger partial charge in [0.25, 0.3) is 5.91 Å². The van der Waals surface area contributed by atoms with Gasteiger partial charge in [0, 0.05) is 18.3 Å². The Morgan fingerprint density at radius 1 is 0.964 bits per heavy atom. The van der Waals surface area contributed by atoms with Crippen LogP contribution in [0, 0.1) is 6.92 Å². The Morgan fingerprint density at radius 2 is 1.75 bits per heavy atom. The van der Waals surface area contributed by atoms with Crippen LogP contribution in [-0.4, -0.2) is 19.3 Å². The third kappa shape index (κ3) is 5.03. The highest BCUT2D eigenvalue weighted by atomic mass is 32.2. The minimum Gasteiger partial charge on any atom is -0.348 e. The van der Waals surface area contributed by atoms with Gasteiger partial charge in [-0.25, -0.2) is 13.1 Å². The number of hydrogen-bond acceptors (Lipinski definition) is 4. The van der Waals surface area contributed by atoms with Crippen LogP contribution >= 0.6 is 0 Å². The van der Waals surface area contributed by atoms with E-state index in [0.29, 0.717) is 12.2 Å². The van der Waals surface area contributed by atoms with Gasteiger partial charge in [-0.1, -0.05) is 36.4 Å². The van der Waals surface area contributed by atoms with Gasteiger partial charge in [-0.2, -0.15) is 0 Å². The molecule has 0 aliphatic carbocycles. The fraction of sp³-hybridized carbons (Fsp3) is 0.143. The Hall–Kier alpha value is -3.03. The minimum atomic E-state index is -3.76. The predicted molar refractivity (Wildman–Crippen MR) is 107 cm³/mol. The summed E-state index contributed by atoms with van der Waals surface area (Å²) < 4.78 is 27.6. The molecule has 0 atom stereocenters. The van der Waals surface area contributed by atoms with Gasteiger partial charge in [0.15, 0.2) is 0 Å². The van der Waals surface area contributed by atoms with Crippen molar-refractivity contribution in [3.63, 3.8) is 0 Å². The number of nitrogens with zero attached hydrogens (tertiary/aromatic N) is 1. The summed E-state index contributed by atoms with van der Waals surface area (Å²) in [5, 5.41) is 2.83. The zero-order valence-electron chi connectivity index (χ0n) is 15.4. The lowest BCUT2D eigenvalue weighted by Gasteiger charge is -2.10. The first-order valence-corrected chi connectivity index (χ1v) is 10.3. The summed E-state index contributed by atoms with van der Waals surface area (Å²) in [4.78, 5) is 16.6. The molecule has 1 amide bonds. The molecule has 6 nitrogen and oxygen atoms in total. The van der Waals surface area contributed by atoms with Crippen LogP contribution in [-0.2, 0) is 23.1 Å². The Balaban J connectivity index is 1.68. The number of sulfonamides is 1. The predicted octanol–water partition coefficient (Wildman–Crippen LogP) is 2.80. The molecular weight excluding hydrogens is 374 g/mol. The average molecular weight is 395 g/mol. The molecule has 0 radical (unpaired) electrons. The number of nitrogens with one attached hydrogen (secondary N) is 2. The largest absolute Gasteiger partial charge is 0.348 e. The summed E-state index contributed by atoms with van der Waals surface area (Å²) in [6.07, 6.45) is 1.60. The van der Waals surface area contributed by atoms with E-state index in [0.717, 1.165) is 11.1 Å². The van der Waals surface area contributed by atoms with Crippen molar-refractivity contribution in [3.8, 4) is 0 Å². The lowest BCUT2D eigenvalue weighted by Crippen LogP contribution is -2.25. The zero-order chi connectivity index (χ0) is 20.0. The quantitative estimate of drug-likeness (QED) is 0.644.